The summed E-state index contributed by atoms with van der Waals surface area (Å²) in [5.74, 6) is 2.74. The van der Waals surface area contributed by atoms with E-state index < -0.39 is 0 Å². The zero-order valence-corrected chi connectivity index (χ0v) is 19.9. The van der Waals surface area contributed by atoms with Gasteiger partial charge in [-0.15, -0.1) is 0 Å². The third-order valence-electron chi connectivity index (χ3n) is 6.61. The topological polar surface area (TPSA) is 81.6 Å². The molecule has 0 aromatic carbocycles. The number of aliphatic hydroxyl groups is 1. The van der Waals surface area contributed by atoms with Gasteiger partial charge in [0.05, 0.1) is 0 Å². The van der Waals surface area contributed by atoms with Crippen molar-refractivity contribution in [2.24, 2.45) is 5.92 Å². The van der Waals surface area contributed by atoms with E-state index in [1.807, 2.05) is 0 Å². The Bertz CT molecular complexity index is 717. The summed E-state index contributed by atoms with van der Waals surface area (Å²) in [6, 6.07) is 2.44. The molecule has 174 valence electrons. The molecule has 0 atom stereocenters. The molecule has 1 aliphatic heterocycles. The van der Waals surface area contributed by atoms with E-state index in [4.69, 9.17) is 4.98 Å². The van der Waals surface area contributed by atoms with Gasteiger partial charge >= 0.3 is 0 Å². The van der Waals surface area contributed by atoms with Crippen LogP contribution >= 0.6 is 0 Å². The van der Waals surface area contributed by atoms with Gasteiger partial charge in [-0.3, -0.25) is 9.69 Å². The van der Waals surface area contributed by atoms with Crippen LogP contribution in [0.4, 0.5) is 5.82 Å². The molecule has 2 fully saturated rings. The maximum atomic E-state index is 11.2. The van der Waals surface area contributed by atoms with Crippen LogP contribution in [0, 0.1) is 5.92 Å². The summed E-state index contributed by atoms with van der Waals surface area (Å²) in [5.41, 5.74) is 0.816. The second kappa shape index (κ2) is 10.7. The summed E-state index contributed by atoms with van der Waals surface area (Å²) in [4.78, 5) is 25.7. The van der Waals surface area contributed by atoms with E-state index in [1.165, 1.54) is 19.3 Å². The maximum absolute atomic E-state index is 11.2. The quantitative estimate of drug-likeness (QED) is 0.690. The first-order valence-corrected chi connectivity index (χ1v) is 12.0. The minimum atomic E-state index is -0.110. The number of rotatable bonds is 7. The van der Waals surface area contributed by atoms with Crippen molar-refractivity contribution in [3.8, 4) is 0 Å². The molecule has 0 radical (unpaired) electrons. The molecule has 0 spiro atoms. The van der Waals surface area contributed by atoms with Crippen LogP contribution in [0.5, 0.6) is 0 Å². The van der Waals surface area contributed by atoms with Crippen molar-refractivity contribution in [1.29, 1.82) is 0 Å². The fourth-order valence-electron chi connectivity index (χ4n) is 4.67. The van der Waals surface area contributed by atoms with Crippen molar-refractivity contribution >= 4 is 11.7 Å². The smallest absolute Gasteiger partial charge is 0.217 e. The number of aromatic nitrogens is 2. The number of amides is 1. The van der Waals surface area contributed by atoms with Gasteiger partial charge in [0.25, 0.3) is 0 Å². The summed E-state index contributed by atoms with van der Waals surface area (Å²) in [6.07, 6.45) is 6.54. The Morgan fingerprint density at radius 1 is 1.13 bits per heavy atom. The molecule has 31 heavy (non-hydrogen) atoms. The first-order chi connectivity index (χ1) is 14.7. The summed E-state index contributed by atoms with van der Waals surface area (Å²) in [5, 5.41) is 12.4. The summed E-state index contributed by atoms with van der Waals surface area (Å²) >= 11 is 0. The summed E-state index contributed by atoms with van der Waals surface area (Å²) < 4.78 is 0. The summed E-state index contributed by atoms with van der Waals surface area (Å²) in [6.45, 7) is 13.4. The Balaban J connectivity index is 1.47. The van der Waals surface area contributed by atoms with Gasteiger partial charge in [0.1, 0.15) is 11.6 Å². The zero-order chi connectivity index (χ0) is 22.4. The van der Waals surface area contributed by atoms with E-state index in [0.29, 0.717) is 12.5 Å². The van der Waals surface area contributed by atoms with Crippen LogP contribution in [-0.4, -0.2) is 71.3 Å². The zero-order valence-electron chi connectivity index (χ0n) is 19.9. The Morgan fingerprint density at radius 3 is 2.39 bits per heavy atom. The van der Waals surface area contributed by atoms with Crippen molar-refractivity contribution in [3.05, 3.63) is 17.6 Å². The number of carbonyl (C=O) groups excluding carboxylic acids is 1. The molecule has 1 saturated carbocycles. The van der Waals surface area contributed by atoms with Crippen LogP contribution in [0.3, 0.4) is 0 Å². The fourth-order valence-corrected chi connectivity index (χ4v) is 4.67. The highest BCUT2D eigenvalue weighted by Crippen LogP contribution is 2.28. The van der Waals surface area contributed by atoms with E-state index in [9.17, 15) is 9.90 Å². The van der Waals surface area contributed by atoms with Gasteiger partial charge in [-0.2, -0.15) is 0 Å². The number of aliphatic hydroxyl groups excluding tert-OH is 1. The van der Waals surface area contributed by atoms with Crippen molar-refractivity contribution < 1.29 is 9.90 Å². The molecule has 1 aliphatic carbocycles. The molecule has 2 N–H and O–H groups in total. The number of hydrogen-bond acceptors (Lipinski definition) is 6. The maximum Gasteiger partial charge on any atom is 0.217 e. The average molecular weight is 432 g/mol. The lowest BCUT2D eigenvalue weighted by atomic mass is 9.84. The van der Waals surface area contributed by atoms with Gasteiger partial charge in [-0.1, -0.05) is 20.8 Å². The number of nitrogens with one attached hydrogen (secondary N) is 1. The minimum Gasteiger partial charge on any atom is -0.396 e. The van der Waals surface area contributed by atoms with Crippen molar-refractivity contribution in [2.75, 3.05) is 44.2 Å². The molecule has 0 unspecified atom stereocenters. The first-order valence-electron chi connectivity index (χ1n) is 12.0. The van der Waals surface area contributed by atoms with Gasteiger partial charge < -0.3 is 15.3 Å². The van der Waals surface area contributed by atoms with Crippen LogP contribution in [0.15, 0.2) is 6.07 Å². The molecule has 1 aromatic heterocycles. The molecule has 1 aromatic rings. The van der Waals surface area contributed by atoms with Crippen molar-refractivity contribution in [1.82, 2.24) is 20.2 Å². The fraction of sp³-hybridized carbons (Fsp3) is 0.792. The van der Waals surface area contributed by atoms with E-state index in [2.05, 4.69) is 46.9 Å². The van der Waals surface area contributed by atoms with Crippen LogP contribution in [0.25, 0.3) is 0 Å². The van der Waals surface area contributed by atoms with Gasteiger partial charge in [-0.25, -0.2) is 9.97 Å². The molecule has 7 heteroatoms. The second-order valence-electron chi connectivity index (χ2n) is 10.3. The highest BCUT2D eigenvalue weighted by atomic mass is 16.3. The number of hydrogen-bond donors (Lipinski definition) is 2. The minimum absolute atomic E-state index is 0.100. The van der Waals surface area contributed by atoms with Gasteiger partial charge in [0, 0.05) is 69.3 Å². The number of carbonyl (C=O) groups is 1. The predicted octanol–water partition coefficient (Wildman–Crippen LogP) is 2.52. The van der Waals surface area contributed by atoms with Gasteiger partial charge in [0.15, 0.2) is 0 Å². The van der Waals surface area contributed by atoms with Crippen LogP contribution in [0.2, 0.25) is 0 Å². The number of anilines is 1. The molecule has 2 aliphatic rings. The molecular formula is C24H41N5O2. The highest BCUT2D eigenvalue weighted by Gasteiger charge is 2.25. The molecule has 1 saturated heterocycles. The van der Waals surface area contributed by atoms with Crippen molar-refractivity contribution in [2.45, 2.75) is 77.7 Å². The Hall–Kier alpha value is -1.73. The van der Waals surface area contributed by atoms with E-state index in [-0.39, 0.29) is 17.9 Å². The molecule has 2 heterocycles. The lowest BCUT2D eigenvalue weighted by molar-refractivity contribution is -0.119. The molecule has 0 bridgehead atoms. The normalized spacial score (nSPS) is 23.1. The third kappa shape index (κ3) is 7.14. The molecular weight excluding hydrogens is 390 g/mol. The highest BCUT2D eigenvalue weighted by molar-refractivity contribution is 5.73. The SMILES string of the molecule is CC(=O)NC1CCC(CCN2CCN(c3cc(CCO)nc(C(C)(C)C)n3)CC2)CC1. The largest absolute Gasteiger partial charge is 0.396 e. The standard InChI is InChI=1S/C24H41N5O2/c1-18(31)25-20-7-5-19(6-8-20)9-11-28-12-14-29(15-13-28)22-17-21(10-16-30)26-23(27-22)24(2,3)4/h17,19-20,30H,5-16H2,1-4H3,(H,25,31). The van der Waals surface area contributed by atoms with E-state index >= 15 is 0 Å². The Kier molecular flexibility index (Phi) is 8.28. The number of piperazine rings is 1. The molecule has 7 nitrogen and oxygen atoms in total. The molecule has 1 amide bonds. The first kappa shape index (κ1) is 23.9. The monoisotopic (exact) mass is 431 g/mol. The summed E-state index contributed by atoms with van der Waals surface area (Å²) in [7, 11) is 0. The van der Waals surface area contributed by atoms with Gasteiger partial charge in [0.2, 0.25) is 5.91 Å². The Morgan fingerprint density at radius 2 is 1.81 bits per heavy atom. The third-order valence-corrected chi connectivity index (χ3v) is 6.61. The van der Waals surface area contributed by atoms with Gasteiger partial charge in [-0.05, 0) is 44.6 Å². The number of nitrogens with zero attached hydrogens (tertiary/aromatic N) is 4. The second-order valence-corrected chi connectivity index (χ2v) is 10.3. The molecule has 3 rings (SSSR count). The lowest BCUT2D eigenvalue weighted by Gasteiger charge is -2.37. The Labute approximate surface area is 187 Å². The van der Waals surface area contributed by atoms with Crippen LogP contribution in [0.1, 0.15) is 71.3 Å². The van der Waals surface area contributed by atoms with Crippen molar-refractivity contribution in [3.63, 3.8) is 0 Å². The van der Waals surface area contributed by atoms with E-state index in [0.717, 1.165) is 68.8 Å². The van der Waals surface area contributed by atoms with E-state index in [1.54, 1.807) is 6.92 Å². The predicted molar refractivity (Wildman–Crippen MR) is 124 cm³/mol. The van der Waals surface area contributed by atoms with Crippen LogP contribution < -0.4 is 10.2 Å². The average Bonchev–Trinajstić information content (AvgIpc) is 2.73. The lowest BCUT2D eigenvalue weighted by Crippen LogP contribution is -2.47. The van der Waals surface area contributed by atoms with Crippen LogP contribution in [-0.2, 0) is 16.6 Å².